The van der Waals surface area contributed by atoms with Crippen LogP contribution < -0.4 is 10.6 Å². The van der Waals surface area contributed by atoms with Gasteiger partial charge in [-0.25, -0.2) is 0 Å². The molecule has 0 aliphatic heterocycles. The first-order valence-electron chi connectivity index (χ1n) is 6.19. The number of carbonyl (C=O) groups excluding carboxylic acids is 1. The summed E-state index contributed by atoms with van der Waals surface area (Å²) in [6.45, 7) is 5.14. The Kier molecular flexibility index (Phi) is 5.53. The van der Waals surface area contributed by atoms with Gasteiger partial charge < -0.3 is 10.6 Å². The Morgan fingerprint density at radius 1 is 1.24 bits per heavy atom. The van der Waals surface area contributed by atoms with E-state index in [0.717, 1.165) is 25.1 Å². The zero-order valence-corrected chi connectivity index (χ0v) is 10.9. The Balaban J connectivity index is 2.36. The number of nitrogens with one attached hydrogen (secondary N) is 2. The van der Waals surface area contributed by atoms with E-state index in [1.165, 1.54) is 0 Å². The second kappa shape index (κ2) is 6.94. The fourth-order valence-corrected chi connectivity index (χ4v) is 1.60. The molecule has 0 aromatic heterocycles. The Bertz CT molecular complexity index is 344. The fourth-order valence-electron chi connectivity index (χ4n) is 1.60. The first-order chi connectivity index (χ1) is 8.13. The van der Waals surface area contributed by atoms with Crippen LogP contribution in [-0.4, -0.2) is 19.5 Å². The number of carbonyl (C=O) groups is 1. The van der Waals surface area contributed by atoms with Gasteiger partial charge >= 0.3 is 0 Å². The minimum absolute atomic E-state index is 0.0106. The van der Waals surface area contributed by atoms with Crippen molar-refractivity contribution in [1.82, 2.24) is 5.32 Å². The third-order valence-electron chi connectivity index (χ3n) is 2.68. The minimum Gasteiger partial charge on any atom is -0.388 e. The summed E-state index contributed by atoms with van der Waals surface area (Å²) in [5.41, 5.74) is 1.73. The normalized spacial score (nSPS) is 10.4. The first kappa shape index (κ1) is 13.6. The smallest absolute Gasteiger partial charge is 0.251 e. The zero-order chi connectivity index (χ0) is 12.7. The molecular formula is C14H22N2O. The van der Waals surface area contributed by atoms with Gasteiger partial charge in [0.1, 0.15) is 0 Å². The van der Waals surface area contributed by atoms with Crippen LogP contribution in [0.4, 0.5) is 5.69 Å². The zero-order valence-electron chi connectivity index (χ0n) is 10.9. The summed E-state index contributed by atoms with van der Waals surface area (Å²) in [5.74, 6) is 0.707. The third kappa shape index (κ3) is 4.89. The topological polar surface area (TPSA) is 41.1 Å². The summed E-state index contributed by atoms with van der Waals surface area (Å²) in [7, 11) is 1.86. The molecule has 0 radical (unpaired) electrons. The summed E-state index contributed by atoms with van der Waals surface area (Å²) >= 11 is 0. The summed E-state index contributed by atoms with van der Waals surface area (Å²) < 4.78 is 0. The number of benzene rings is 1. The second-order valence-electron chi connectivity index (χ2n) is 4.62. The van der Waals surface area contributed by atoms with Gasteiger partial charge in [0.2, 0.25) is 0 Å². The summed E-state index contributed by atoms with van der Waals surface area (Å²) in [5, 5.41) is 5.96. The molecule has 3 heteroatoms. The van der Waals surface area contributed by atoms with E-state index in [1.807, 2.05) is 31.3 Å². The first-order valence-corrected chi connectivity index (χ1v) is 6.19. The molecule has 0 saturated carbocycles. The van der Waals surface area contributed by atoms with Crippen LogP contribution in [0.15, 0.2) is 24.3 Å². The number of anilines is 1. The maximum atomic E-state index is 11.8. The van der Waals surface area contributed by atoms with Crippen LogP contribution in [0, 0.1) is 5.92 Å². The Labute approximate surface area is 104 Å². The minimum atomic E-state index is 0.0106. The molecule has 0 unspecified atom stereocenters. The summed E-state index contributed by atoms with van der Waals surface area (Å²) in [6.07, 6.45) is 2.19. The average molecular weight is 234 g/mol. The van der Waals surface area contributed by atoms with Crippen LogP contribution >= 0.6 is 0 Å². The van der Waals surface area contributed by atoms with Crippen LogP contribution in [-0.2, 0) is 0 Å². The van der Waals surface area contributed by atoms with Gasteiger partial charge in [-0.3, -0.25) is 4.79 Å². The molecule has 0 heterocycles. The monoisotopic (exact) mass is 234 g/mol. The lowest BCUT2D eigenvalue weighted by atomic mass is 10.1. The van der Waals surface area contributed by atoms with Crippen molar-refractivity contribution >= 4 is 11.6 Å². The summed E-state index contributed by atoms with van der Waals surface area (Å²) in [6, 6.07) is 7.49. The van der Waals surface area contributed by atoms with Gasteiger partial charge in [0, 0.05) is 24.8 Å². The van der Waals surface area contributed by atoms with Gasteiger partial charge in [-0.15, -0.1) is 0 Å². The molecule has 0 saturated heterocycles. The molecular weight excluding hydrogens is 212 g/mol. The molecule has 0 fully saturated rings. The largest absolute Gasteiger partial charge is 0.388 e. The predicted octanol–water partition coefficient (Wildman–Crippen LogP) is 2.89. The Hall–Kier alpha value is -1.51. The quantitative estimate of drug-likeness (QED) is 0.743. The highest BCUT2D eigenvalue weighted by Gasteiger charge is 2.04. The van der Waals surface area contributed by atoms with Crippen LogP contribution in [0.25, 0.3) is 0 Å². The van der Waals surface area contributed by atoms with Crippen molar-refractivity contribution in [3.8, 4) is 0 Å². The number of rotatable bonds is 6. The highest BCUT2D eigenvalue weighted by atomic mass is 16.1. The molecule has 0 bridgehead atoms. The molecule has 1 rings (SSSR count). The lowest BCUT2D eigenvalue weighted by Gasteiger charge is -2.07. The molecule has 17 heavy (non-hydrogen) atoms. The van der Waals surface area contributed by atoms with E-state index in [-0.39, 0.29) is 5.91 Å². The van der Waals surface area contributed by atoms with E-state index in [0.29, 0.717) is 11.5 Å². The van der Waals surface area contributed by atoms with Crippen LogP contribution in [0.1, 0.15) is 37.0 Å². The van der Waals surface area contributed by atoms with Crippen molar-refractivity contribution in [3.63, 3.8) is 0 Å². The van der Waals surface area contributed by atoms with Crippen molar-refractivity contribution in [2.75, 3.05) is 18.9 Å². The van der Waals surface area contributed by atoms with Crippen molar-refractivity contribution in [3.05, 3.63) is 29.8 Å². The van der Waals surface area contributed by atoms with Gasteiger partial charge in [-0.1, -0.05) is 13.8 Å². The molecule has 0 spiro atoms. The highest BCUT2D eigenvalue weighted by Crippen LogP contribution is 2.08. The highest BCUT2D eigenvalue weighted by molar-refractivity contribution is 5.94. The molecule has 0 atom stereocenters. The van der Waals surface area contributed by atoms with Gasteiger partial charge in [-0.2, -0.15) is 0 Å². The average Bonchev–Trinajstić information content (AvgIpc) is 2.34. The molecule has 0 aliphatic carbocycles. The van der Waals surface area contributed by atoms with E-state index in [4.69, 9.17) is 0 Å². The van der Waals surface area contributed by atoms with E-state index in [1.54, 1.807) is 0 Å². The molecule has 1 aromatic carbocycles. The van der Waals surface area contributed by atoms with Gasteiger partial charge in [0.05, 0.1) is 0 Å². The lowest BCUT2D eigenvalue weighted by Crippen LogP contribution is -2.24. The van der Waals surface area contributed by atoms with E-state index in [9.17, 15) is 4.79 Å². The van der Waals surface area contributed by atoms with Crippen molar-refractivity contribution < 1.29 is 4.79 Å². The lowest BCUT2D eigenvalue weighted by molar-refractivity contribution is 0.0952. The van der Waals surface area contributed by atoms with Crippen LogP contribution in [0.5, 0.6) is 0 Å². The Morgan fingerprint density at radius 3 is 2.41 bits per heavy atom. The number of hydrogen-bond acceptors (Lipinski definition) is 2. The molecule has 1 amide bonds. The maximum absolute atomic E-state index is 11.8. The molecule has 1 aromatic rings. The van der Waals surface area contributed by atoms with Gasteiger partial charge in [0.15, 0.2) is 0 Å². The summed E-state index contributed by atoms with van der Waals surface area (Å²) in [4.78, 5) is 11.8. The number of amides is 1. The van der Waals surface area contributed by atoms with E-state index < -0.39 is 0 Å². The van der Waals surface area contributed by atoms with Crippen LogP contribution in [0.2, 0.25) is 0 Å². The van der Waals surface area contributed by atoms with Crippen molar-refractivity contribution in [2.45, 2.75) is 26.7 Å². The van der Waals surface area contributed by atoms with E-state index >= 15 is 0 Å². The SMILES string of the molecule is CNc1ccc(C(=O)NCCCC(C)C)cc1. The van der Waals surface area contributed by atoms with Crippen molar-refractivity contribution in [2.24, 2.45) is 5.92 Å². The van der Waals surface area contributed by atoms with Gasteiger partial charge in [0.25, 0.3) is 5.91 Å². The second-order valence-corrected chi connectivity index (χ2v) is 4.62. The fraction of sp³-hybridized carbons (Fsp3) is 0.500. The number of hydrogen-bond donors (Lipinski definition) is 2. The predicted molar refractivity (Wildman–Crippen MR) is 72.4 cm³/mol. The van der Waals surface area contributed by atoms with Crippen molar-refractivity contribution in [1.29, 1.82) is 0 Å². The standard InChI is InChI=1S/C14H22N2O/c1-11(2)5-4-10-16-14(17)12-6-8-13(15-3)9-7-12/h6-9,11,15H,4-5,10H2,1-3H3,(H,16,17). The van der Waals surface area contributed by atoms with Gasteiger partial charge in [-0.05, 0) is 43.0 Å². The Morgan fingerprint density at radius 2 is 1.88 bits per heavy atom. The third-order valence-corrected chi connectivity index (χ3v) is 2.68. The molecule has 0 aliphatic rings. The van der Waals surface area contributed by atoms with Crippen LogP contribution in [0.3, 0.4) is 0 Å². The maximum Gasteiger partial charge on any atom is 0.251 e. The molecule has 94 valence electrons. The molecule has 2 N–H and O–H groups in total. The molecule has 3 nitrogen and oxygen atoms in total. The van der Waals surface area contributed by atoms with E-state index in [2.05, 4.69) is 24.5 Å².